The van der Waals surface area contributed by atoms with Crippen LogP contribution in [0, 0.1) is 0 Å². The fourth-order valence-corrected chi connectivity index (χ4v) is 2.71. The molecule has 1 fully saturated rings. The Kier molecular flexibility index (Phi) is 4.56. The van der Waals surface area contributed by atoms with Gasteiger partial charge in [0, 0.05) is 44.4 Å². The van der Waals surface area contributed by atoms with Gasteiger partial charge in [-0.15, -0.1) is 0 Å². The van der Waals surface area contributed by atoms with Crippen molar-refractivity contribution in [2.75, 3.05) is 19.7 Å². The first-order chi connectivity index (χ1) is 11.3. The van der Waals surface area contributed by atoms with E-state index < -0.39 is 0 Å². The molecule has 2 aromatic rings. The first kappa shape index (κ1) is 16.9. The van der Waals surface area contributed by atoms with Crippen molar-refractivity contribution in [2.45, 2.75) is 38.8 Å². The maximum absolute atomic E-state index is 11.8. The highest BCUT2D eigenvalue weighted by molar-refractivity contribution is 5.11. The van der Waals surface area contributed by atoms with Crippen molar-refractivity contribution in [3.63, 3.8) is 0 Å². The molecule has 3 heterocycles. The number of nitrogens with zero attached hydrogens (tertiary/aromatic N) is 4. The quantitative estimate of drug-likeness (QED) is 0.919. The van der Waals surface area contributed by atoms with Crippen LogP contribution >= 0.6 is 0 Å². The molecule has 1 unspecified atom stereocenters. The van der Waals surface area contributed by atoms with Crippen LogP contribution in [0.15, 0.2) is 23.1 Å². The number of rotatable bonds is 3. The van der Waals surface area contributed by atoms with Crippen LogP contribution in [0.25, 0.3) is 0 Å². The molecule has 7 nitrogen and oxygen atoms in total. The number of aromatic amines is 1. The lowest BCUT2D eigenvalue weighted by Gasteiger charge is -2.31. The molecule has 24 heavy (non-hydrogen) atoms. The number of aromatic nitrogens is 4. The predicted octanol–water partition coefficient (Wildman–Crippen LogP) is 1.37. The molecular weight excluding hydrogens is 306 g/mol. The van der Waals surface area contributed by atoms with E-state index in [1.54, 1.807) is 17.7 Å². The molecule has 1 atom stereocenters. The molecule has 130 valence electrons. The summed E-state index contributed by atoms with van der Waals surface area (Å²) in [5.74, 6) is 1.57. The molecule has 1 saturated heterocycles. The van der Waals surface area contributed by atoms with Gasteiger partial charge in [0.15, 0.2) is 11.6 Å². The van der Waals surface area contributed by atoms with Crippen molar-refractivity contribution < 1.29 is 4.74 Å². The summed E-state index contributed by atoms with van der Waals surface area (Å²) < 4.78 is 7.44. The van der Waals surface area contributed by atoms with Crippen LogP contribution < -0.4 is 5.56 Å². The number of pyridine rings is 1. The number of hydrogen-bond acceptors (Lipinski definition) is 5. The van der Waals surface area contributed by atoms with Gasteiger partial charge in [-0.25, -0.2) is 4.98 Å². The van der Waals surface area contributed by atoms with Crippen molar-refractivity contribution in [2.24, 2.45) is 7.05 Å². The Morgan fingerprint density at radius 1 is 1.42 bits per heavy atom. The first-order valence-electron chi connectivity index (χ1n) is 8.25. The summed E-state index contributed by atoms with van der Waals surface area (Å²) in [6.07, 6.45) is 1.69. The molecule has 1 aliphatic rings. The van der Waals surface area contributed by atoms with Gasteiger partial charge in [0.1, 0.15) is 6.10 Å². The number of H-pyrrole nitrogens is 1. The summed E-state index contributed by atoms with van der Waals surface area (Å²) in [6, 6.07) is 3.68. The summed E-state index contributed by atoms with van der Waals surface area (Å²) in [5.41, 5.74) is 0.946. The van der Waals surface area contributed by atoms with E-state index in [-0.39, 0.29) is 17.1 Å². The lowest BCUT2D eigenvalue weighted by Crippen LogP contribution is -2.38. The standard InChI is InChI=1S/C17H25N5O2/c1-17(2,3)16-18-15(19-20-16)13-11-22(7-8-24-13)10-12-5-6-21(4)14(23)9-12/h5-6,9,13H,7-8,10-11H2,1-4H3,(H,18,19,20). The van der Waals surface area contributed by atoms with Crippen LogP contribution in [0.1, 0.15) is 44.1 Å². The molecule has 0 aliphatic carbocycles. The Bertz CT molecular complexity index is 759. The summed E-state index contributed by atoms with van der Waals surface area (Å²) in [5, 5.41) is 7.33. The molecule has 0 bridgehead atoms. The average Bonchev–Trinajstić information content (AvgIpc) is 3.01. The second-order valence-corrected chi connectivity index (χ2v) is 7.37. The third-order valence-corrected chi connectivity index (χ3v) is 4.20. The predicted molar refractivity (Wildman–Crippen MR) is 90.7 cm³/mol. The summed E-state index contributed by atoms with van der Waals surface area (Å²) >= 11 is 0. The Labute approximate surface area is 141 Å². The third-order valence-electron chi connectivity index (χ3n) is 4.20. The largest absolute Gasteiger partial charge is 0.368 e. The van der Waals surface area contributed by atoms with Gasteiger partial charge in [-0.1, -0.05) is 20.8 Å². The lowest BCUT2D eigenvalue weighted by molar-refractivity contribution is -0.0371. The highest BCUT2D eigenvalue weighted by atomic mass is 16.5. The van der Waals surface area contributed by atoms with Gasteiger partial charge >= 0.3 is 0 Å². The summed E-state index contributed by atoms with van der Waals surface area (Å²) in [4.78, 5) is 18.6. The van der Waals surface area contributed by atoms with Gasteiger partial charge in [-0.3, -0.25) is 14.8 Å². The summed E-state index contributed by atoms with van der Waals surface area (Å²) in [6.45, 7) is 9.20. The number of aryl methyl sites for hydroxylation is 1. The molecule has 0 radical (unpaired) electrons. The molecular formula is C17H25N5O2. The van der Waals surface area contributed by atoms with Crippen LogP contribution in [-0.2, 0) is 23.7 Å². The Morgan fingerprint density at radius 3 is 2.88 bits per heavy atom. The highest BCUT2D eigenvalue weighted by Crippen LogP contribution is 2.23. The topological polar surface area (TPSA) is 76.0 Å². The smallest absolute Gasteiger partial charge is 0.250 e. The second kappa shape index (κ2) is 6.49. The van der Waals surface area contributed by atoms with Gasteiger partial charge in [-0.05, 0) is 11.6 Å². The van der Waals surface area contributed by atoms with E-state index in [0.29, 0.717) is 6.61 Å². The fourth-order valence-electron chi connectivity index (χ4n) is 2.71. The van der Waals surface area contributed by atoms with E-state index in [9.17, 15) is 4.79 Å². The molecule has 7 heteroatoms. The van der Waals surface area contributed by atoms with Crippen LogP contribution in [0.2, 0.25) is 0 Å². The normalized spacial score (nSPS) is 19.6. The zero-order valence-corrected chi connectivity index (χ0v) is 14.7. The van der Waals surface area contributed by atoms with E-state index in [1.165, 1.54) is 0 Å². The molecule has 1 N–H and O–H groups in total. The molecule has 3 rings (SSSR count). The second-order valence-electron chi connectivity index (χ2n) is 7.37. The number of ether oxygens (including phenoxy) is 1. The van der Waals surface area contributed by atoms with Crippen molar-refractivity contribution in [1.82, 2.24) is 24.6 Å². The van der Waals surface area contributed by atoms with Gasteiger partial charge in [-0.2, -0.15) is 5.10 Å². The van der Waals surface area contributed by atoms with E-state index in [4.69, 9.17) is 4.74 Å². The molecule has 0 amide bonds. The Balaban J connectivity index is 1.69. The van der Waals surface area contributed by atoms with Crippen LogP contribution in [0.3, 0.4) is 0 Å². The van der Waals surface area contributed by atoms with Crippen LogP contribution in [-0.4, -0.2) is 44.3 Å². The van der Waals surface area contributed by atoms with Gasteiger partial charge < -0.3 is 9.30 Å². The molecule has 1 aliphatic heterocycles. The number of hydrogen-bond donors (Lipinski definition) is 1. The van der Waals surface area contributed by atoms with Crippen molar-refractivity contribution >= 4 is 0 Å². The monoisotopic (exact) mass is 331 g/mol. The fraction of sp³-hybridized carbons (Fsp3) is 0.588. The van der Waals surface area contributed by atoms with Crippen LogP contribution in [0.5, 0.6) is 0 Å². The lowest BCUT2D eigenvalue weighted by atomic mass is 9.96. The average molecular weight is 331 g/mol. The maximum atomic E-state index is 11.8. The zero-order valence-electron chi connectivity index (χ0n) is 14.7. The molecule has 0 aromatic carbocycles. The van der Waals surface area contributed by atoms with Crippen molar-refractivity contribution in [3.8, 4) is 0 Å². The van der Waals surface area contributed by atoms with Gasteiger partial charge in [0.05, 0.1) is 6.61 Å². The Morgan fingerprint density at radius 2 is 2.21 bits per heavy atom. The van der Waals surface area contributed by atoms with Crippen molar-refractivity contribution in [3.05, 3.63) is 45.9 Å². The number of morpholine rings is 1. The van der Waals surface area contributed by atoms with E-state index in [1.807, 2.05) is 12.3 Å². The first-order valence-corrected chi connectivity index (χ1v) is 8.25. The van der Waals surface area contributed by atoms with E-state index >= 15 is 0 Å². The molecule has 0 saturated carbocycles. The maximum Gasteiger partial charge on any atom is 0.250 e. The van der Waals surface area contributed by atoms with Gasteiger partial charge in [0.2, 0.25) is 0 Å². The summed E-state index contributed by atoms with van der Waals surface area (Å²) in [7, 11) is 1.76. The number of nitrogens with one attached hydrogen (secondary N) is 1. The molecule has 0 spiro atoms. The van der Waals surface area contributed by atoms with E-state index in [2.05, 4.69) is 40.9 Å². The van der Waals surface area contributed by atoms with Crippen molar-refractivity contribution in [1.29, 1.82) is 0 Å². The minimum Gasteiger partial charge on any atom is -0.368 e. The Hall–Kier alpha value is -1.99. The third kappa shape index (κ3) is 3.73. The minimum atomic E-state index is -0.117. The SMILES string of the molecule is Cn1ccc(CN2CCOC(c3nc(C(C)(C)C)n[nH]3)C2)cc1=O. The molecule has 2 aromatic heterocycles. The van der Waals surface area contributed by atoms with E-state index in [0.717, 1.165) is 36.8 Å². The highest BCUT2D eigenvalue weighted by Gasteiger charge is 2.27. The van der Waals surface area contributed by atoms with Gasteiger partial charge in [0.25, 0.3) is 5.56 Å². The van der Waals surface area contributed by atoms with Crippen LogP contribution in [0.4, 0.5) is 0 Å². The minimum absolute atomic E-state index is 0.0161. The zero-order chi connectivity index (χ0) is 17.3.